The smallest absolute Gasteiger partial charge is 0.341 e. The third-order valence-corrected chi connectivity index (χ3v) is 6.69. The van der Waals surface area contributed by atoms with Crippen molar-refractivity contribution in [1.29, 1.82) is 0 Å². The number of ether oxygens (including phenoxy) is 1. The molecule has 156 valence electrons. The fourth-order valence-corrected chi connectivity index (χ4v) is 5.34. The number of esters is 1. The van der Waals surface area contributed by atoms with Crippen LogP contribution in [0.3, 0.4) is 0 Å². The second kappa shape index (κ2) is 8.02. The SMILES string of the molecule is COC(=O)c1c(NC(=O)Cn2cnc3c(C)cccc3c2=O)sc2c1CC[C@@H](C)C2. The summed E-state index contributed by atoms with van der Waals surface area (Å²) in [6, 6.07) is 5.39. The molecule has 1 atom stereocenters. The fourth-order valence-electron chi connectivity index (χ4n) is 3.93. The zero-order chi connectivity index (χ0) is 21.4. The number of hydrogen-bond acceptors (Lipinski definition) is 6. The molecule has 0 saturated carbocycles. The molecule has 1 aliphatic carbocycles. The predicted molar refractivity (Wildman–Crippen MR) is 116 cm³/mol. The molecule has 1 amide bonds. The molecule has 2 aromatic heterocycles. The summed E-state index contributed by atoms with van der Waals surface area (Å²) in [6.45, 7) is 3.88. The Balaban J connectivity index is 1.62. The Labute approximate surface area is 177 Å². The van der Waals surface area contributed by atoms with Gasteiger partial charge in [0.25, 0.3) is 5.56 Å². The number of amides is 1. The number of aromatic nitrogens is 2. The monoisotopic (exact) mass is 425 g/mol. The summed E-state index contributed by atoms with van der Waals surface area (Å²) in [7, 11) is 1.34. The predicted octanol–water partition coefficient (Wildman–Crippen LogP) is 3.32. The lowest BCUT2D eigenvalue weighted by atomic mass is 9.88. The highest BCUT2D eigenvalue weighted by Gasteiger charge is 2.29. The van der Waals surface area contributed by atoms with Gasteiger partial charge in [-0.1, -0.05) is 19.1 Å². The van der Waals surface area contributed by atoms with Gasteiger partial charge in [0.15, 0.2) is 0 Å². The minimum Gasteiger partial charge on any atom is -0.465 e. The lowest BCUT2D eigenvalue weighted by molar-refractivity contribution is -0.116. The van der Waals surface area contributed by atoms with Crippen LogP contribution in [0, 0.1) is 12.8 Å². The molecule has 0 bridgehead atoms. The second-order valence-electron chi connectivity index (χ2n) is 7.74. The summed E-state index contributed by atoms with van der Waals surface area (Å²) >= 11 is 1.42. The van der Waals surface area contributed by atoms with Crippen LogP contribution in [0.4, 0.5) is 5.00 Å². The van der Waals surface area contributed by atoms with Crippen LogP contribution in [0.1, 0.15) is 39.7 Å². The largest absolute Gasteiger partial charge is 0.465 e. The number of carbonyl (C=O) groups is 2. The summed E-state index contributed by atoms with van der Waals surface area (Å²) in [6.07, 6.45) is 4.06. The Hall–Kier alpha value is -3.00. The van der Waals surface area contributed by atoms with Gasteiger partial charge in [-0.15, -0.1) is 11.3 Å². The van der Waals surface area contributed by atoms with E-state index in [-0.39, 0.29) is 18.0 Å². The number of thiophene rings is 1. The molecule has 0 radical (unpaired) electrons. The first-order valence-corrected chi connectivity index (χ1v) is 10.7. The number of anilines is 1. The molecule has 0 fully saturated rings. The molecule has 1 aromatic carbocycles. The van der Waals surface area contributed by atoms with Gasteiger partial charge in [-0.05, 0) is 49.3 Å². The van der Waals surface area contributed by atoms with Gasteiger partial charge in [-0.25, -0.2) is 9.78 Å². The molecular formula is C22H23N3O4S. The van der Waals surface area contributed by atoms with E-state index in [2.05, 4.69) is 17.2 Å². The molecule has 7 nitrogen and oxygen atoms in total. The maximum Gasteiger partial charge on any atom is 0.341 e. The lowest BCUT2D eigenvalue weighted by Gasteiger charge is -2.18. The summed E-state index contributed by atoms with van der Waals surface area (Å²) in [4.78, 5) is 43.3. The molecule has 4 rings (SSSR count). The summed E-state index contributed by atoms with van der Waals surface area (Å²) < 4.78 is 6.24. The van der Waals surface area contributed by atoms with E-state index in [1.807, 2.05) is 13.0 Å². The molecular weight excluding hydrogens is 402 g/mol. The Morgan fingerprint density at radius 1 is 1.37 bits per heavy atom. The molecule has 0 spiro atoms. The summed E-state index contributed by atoms with van der Waals surface area (Å²) in [5.74, 6) is -0.295. The van der Waals surface area contributed by atoms with Crippen LogP contribution < -0.4 is 10.9 Å². The van der Waals surface area contributed by atoms with Crippen LogP contribution >= 0.6 is 11.3 Å². The average Bonchev–Trinajstić information content (AvgIpc) is 3.06. The minimum atomic E-state index is -0.447. The van der Waals surface area contributed by atoms with Gasteiger partial charge in [0.2, 0.25) is 5.91 Å². The number of para-hydroxylation sites is 1. The summed E-state index contributed by atoms with van der Waals surface area (Å²) in [5.41, 5.74) is 2.68. The van der Waals surface area contributed by atoms with Crippen LogP contribution in [0.15, 0.2) is 29.3 Å². The van der Waals surface area contributed by atoms with E-state index < -0.39 is 5.97 Å². The molecule has 30 heavy (non-hydrogen) atoms. The van der Waals surface area contributed by atoms with Gasteiger partial charge in [-0.2, -0.15) is 0 Å². The fraction of sp³-hybridized carbons (Fsp3) is 0.364. The first kappa shape index (κ1) is 20.3. The number of benzene rings is 1. The normalized spacial score (nSPS) is 15.6. The molecule has 3 aromatic rings. The van der Waals surface area contributed by atoms with Crippen molar-refractivity contribution in [3.63, 3.8) is 0 Å². The topological polar surface area (TPSA) is 90.3 Å². The van der Waals surface area contributed by atoms with Crippen molar-refractivity contribution in [2.75, 3.05) is 12.4 Å². The number of hydrogen-bond donors (Lipinski definition) is 1. The first-order chi connectivity index (χ1) is 14.4. The Morgan fingerprint density at radius 2 is 2.17 bits per heavy atom. The standard InChI is InChI=1S/C22H23N3O4S/c1-12-7-8-14-16(9-12)30-20(18(14)22(28)29-3)24-17(26)10-25-11-23-19-13(2)5-4-6-15(19)21(25)27/h4-6,11-12H,7-10H2,1-3H3,(H,24,26)/t12-/m1/s1. The molecule has 8 heteroatoms. The van der Waals surface area contributed by atoms with E-state index in [0.717, 1.165) is 35.3 Å². The third-order valence-electron chi connectivity index (χ3n) is 5.52. The van der Waals surface area contributed by atoms with E-state index in [1.165, 1.54) is 29.3 Å². The van der Waals surface area contributed by atoms with Gasteiger partial charge >= 0.3 is 5.97 Å². The third kappa shape index (κ3) is 3.63. The van der Waals surface area contributed by atoms with Crippen LogP contribution in [-0.2, 0) is 28.9 Å². The molecule has 2 heterocycles. The average molecular weight is 426 g/mol. The molecule has 0 saturated heterocycles. The van der Waals surface area contributed by atoms with Crippen molar-refractivity contribution in [3.05, 3.63) is 56.4 Å². The van der Waals surface area contributed by atoms with Crippen LogP contribution in [0.25, 0.3) is 10.9 Å². The minimum absolute atomic E-state index is 0.185. The second-order valence-corrected chi connectivity index (χ2v) is 8.85. The first-order valence-electron chi connectivity index (χ1n) is 9.86. The van der Waals surface area contributed by atoms with Crippen molar-refractivity contribution in [2.24, 2.45) is 5.92 Å². The number of aryl methyl sites for hydroxylation is 1. The highest BCUT2D eigenvalue weighted by molar-refractivity contribution is 7.17. The van der Waals surface area contributed by atoms with Gasteiger partial charge in [-0.3, -0.25) is 14.2 Å². The highest BCUT2D eigenvalue weighted by Crippen LogP contribution is 2.40. The van der Waals surface area contributed by atoms with Crippen molar-refractivity contribution >= 4 is 39.1 Å². The highest BCUT2D eigenvalue weighted by atomic mass is 32.1. The molecule has 0 aliphatic heterocycles. The van der Waals surface area contributed by atoms with Crippen molar-refractivity contribution in [2.45, 2.75) is 39.7 Å². The van der Waals surface area contributed by atoms with E-state index in [9.17, 15) is 14.4 Å². The molecule has 1 aliphatic rings. The van der Waals surface area contributed by atoms with Crippen molar-refractivity contribution < 1.29 is 14.3 Å². The van der Waals surface area contributed by atoms with E-state index >= 15 is 0 Å². The Kier molecular flexibility index (Phi) is 5.42. The lowest BCUT2D eigenvalue weighted by Crippen LogP contribution is -2.28. The van der Waals surface area contributed by atoms with Gasteiger partial charge in [0, 0.05) is 4.88 Å². The number of nitrogens with zero attached hydrogens (tertiary/aromatic N) is 2. The quantitative estimate of drug-likeness (QED) is 0.648. The Morgan fingerprint density at radius 3 is 2.93 bits per heavy atom. The van der Waals surface area contributed by atoms with Gasteiger partial charge < -0.3 is 10.1 Å². The number of methoxy groups -OCH3 is 1. The number of fused-ring (bicyclic) bond motifs is 2. The molecule has 1 N–H and O–H groups in total. The molecule has 0 unspecified atom stereocenters. The zero-order valence-corrected chi connectivity index (χ0v) is 18.0. The number of nitrogens with one attached hydrogen (secondary N) is 1. The van der Waals surface area contributed by atoms with Gasteiger partial charge in [0.1, 0.15) is 11.5 Å². The maximum atomic E-state index is 12.8. The van der Waals surface area contributed by atoms with Gasteiger partial charge in [0.05, 0.1) is 29.9 Å². The van der Waals surface area contributed by atoms with Crippen LogP contribution in [-0.4, -0.2) is 28.5 Å². The van der Waals surface area contributed by atoms with E-state index in [0.29, 0.717) is 27.4 Å². The maximum absolute atomic E-state index is 12.8. The van der Waals surface area contributed by atoms with Crippen molar-refractivity contribution in [1.82, 2.24) is 9.55 Å². The zero-order valence-electron chi connectivity index (χ0n) is 17.2. The van der Waals surface area contributed by atoms with E-state index in [4.69, 9.17) is 4.74 Å². The van der Waals surface area contributed by atoms with Crippen LogP contribution in [0.5, 0.6) is 0 Å². The van der Waals surface area contributed by atoms with Crippen molar-refractivity contribution in [3.8, 4) is 0 Å². The number of rotatable bonds is 4. The van der Waals surface area contributed by atoms with E-state index in [1.54, 1.807) is 12.1 Å². The van der Waals surface area contributed by atoms with Crippen LogP contribution in [0.2, 0.25) is 0 Å². The number of carbonyl (C=O) groups excluding carboxylic acids is 2. The summed E-state index contributed by atoms with van der Waals surface area (Å²) in [5, 5.41) is 3.79. The Bertz CT molecular complexity index is 1210.